The summed E-state index contributed by atoms with van der Waals surface area (Å²) in [6.07, 6.45) is -0.857. The van der Waals surface area contributed by atoms with Gasteiger partial charge in [-0.2, -0.15) is 0 Å². The van der Waals surface area contributed by atoms with E-state index in [4.69, 9.17) is 18.9 Å². The normalized spacial score (nSPS) is 15.8. The van der Waals surface area contributed by atoms with E-state index in [1.54, 1.807) is 18.2 Å². The fourth-order valence-electron chi connectivity index (χ4n) is 2.24. The maximum absolute atomic E-state index is 13.3. The van der Waals surface area contributed by atoms with Crippen LogP contribution in [-0.2, 0) is 16.1 Å². The van der Waals surface area contributed by atoms with E-state index in [0.717, 1.165) is 0 Å². The summed E-state index contributed by atoms with van der Waals surface area (Å²) in [7, 11) is 1.47. The van der Waals surface area contributed by atoms with Gasteiger partial charge in [-0.3, -0.25) is 0 Å². The molecular formula is C17H15FO5. The van der Waals surface area contributed by atoms with Crippen molar-refractivity contribution in [2.24, 2.45) is 0 Å². The lowest BCUT2D eigenvalue weighted by Gasteiger charge is -2.25. The molecule has 0 spiro atoms. The number of ether oxygens (including phenoxy) is 4. The molecule has 0 amide bonds. The number of hydrogen-bond acceptors (Lipinski definition) is 5. The van der Waals surface area contributed by atoms with Crippen molar-refractivity contribution in [3.05, 3.63) is 53.8 Å². The van der Waals surface area contributed by atoms with E-state index in [1.807, 2.05) is 6.07 Å². The van der Waals surface area contributed by atoms with E-state index >= 15 is 0 Å². The summed E-state index contributed by atoms with van der Waals surface area (Å²) in [4.78, 5) is 12.1. The Kier molecular flexibility index (Phi) is 4.32. The predicted octanol–water partition coefficient (Wildman–Crippen LogP) is 2.72. The van der Waals surface area contributed by atoms with Crippen molar-refractivity contribution in [2.45, 2.75) is 12.7 Å². The van der Waals surface area contributed by atoms with E-state index in [1.165, 1.54) is 25.3 Å². The molecule has 23 heavy (non-hydrogen) atoms. The van der Waals surface area contributed by atoms with Crippen LogP contribution in [0, 0.1) is 5.82 Å². The molecule has 6 heteroatoms. The van der Waals surface area contributed by atoms with Crippen LogP contribution in [-0.4, -0.2) is 25.8 Å². The molecule has 0 unspecified atom stereocenters. The highest BCUT2D eigenvalue weighted by Gasteiger charge is 2.28. The zero-order chi connectivity index (χ0) is 16.2. The Bertz CT molecular complexity index is 716. The number of benzene rings is 2. The Labute approximate surface area is 132 Å². The second-order valence-corrected chi connectivity index (χ2v) is 4.93. The quantitative estimate of drug-likeness (QED) is 0.811. The van der Waals surface area contributed by atoms with Gasteiger partial charge < -0.3 is 18.9 Å². The summed E-state index contributed by atoms with van der Waals surface area (Å²) < 4.78 is 34.6. The minimum absolute atomic E-state index is 0.0656. The zero-order valence-electron chi connectivity index (χ0n) is 12.5. The van der Waals surface area contributed by atoms with Crippen LogP contribution >= 0.6 is 0 Å². The minimum Gasteiger partial charge on any atom is -0.496 e. The molecule has 0 radical (unpaired) electrons. The largest absolute Gasteiger partial charge is 0.496 e. The molecule has 120 valence electrons. The third kappa shape index (κ3) is 3.36. The summed E-state index contributed by atoms with van der Waals surface area (Å²) in [5.41, 5.74) is 0.443. The number of carbonyl (C=O) groups is 1. The van der Waals surface area contributed by atoms with Crippen molar-refractivity contribution in [1.82, 2.24) is 0 Å². The van der Waals surface area contributed by atoms with Gasteiger partial charge in [0.05, 0.1) is 7.11 Å². The van der Waals surface area contributed by atoms with E-state index in [9.17, 15) is 9.18 Å². The smallest absolute Gasteiger partial charge is 0.351 e. The van der Waals surface area contributed by atoms with Crippen LogP contribution in [0.15, 0.2) is 42.5 Å². The average molecular weight is 318 g/mol. The van der Waals surface area contributed by atoms with Crippen LogP contribution in [0.3, 0.4) is 0 Å². The maximum atomic E-state index is 13.3. The molecule has 1 heterocycles. The lowest BCUT2D eigenvalue weighted by Crippen LogP contribution is -2.37. The van der Waals surface area contributed by atoms with Crippen molar-refractivity contribution < 1.29 is 28.1 Å². The highest BCUT2D eigenvalue weighted by atomic mass is 19.1. The highest BCUT2D eigenvalue weighted by Crippen LogP contribution is 2.31. The molecule has 0 aromatic heterocycles. The standard InChI is InChI=1S/C17H15FO5/c1-20-13-7-6-12(18)8-11(13)9-22-17(19)16-10-21-14-4-2-3-5-15(14)23-16/h2-8,16H,9-10H2,1H3/t16-/m0/s1. The fraction of sp³-hybridized carbons (Fsp3) is 0.235. The zero-order valence-corrected chi connectivity index (χ0v) is 12.5. The molecule has 0 saturated carbocycles. The topological polar surface area (TPSA) is 54.0 Å². The Morgan fingerprint density at radius 3 is 2.83 bits per heavy atom. The van der Waals surface area contributed by atoms with E-state index in [0.29, 0.717) is 22.8 Å². The molecule has 1 atom stereocenters. The van der Waals surface area contributed by atoms with Crippen molar-refractivity contribution >= 4 is 5.97 Å². The van der Waals surface area contributed by atoms with E-state index in [2.05, 4.69) is 0 Å². The van der Waals surface area contributed by atoms with Crippen LogP contribution in [0.5, 0.6) is 17.2 Å². The van der Waals surface area contributed by atoms with Crippen LogP contribution in [0.25, 0.3) is 0 Å². The van der Waals surface area contributed by atoms with Crippen molar-refractivity contribution in [1.29, 1.82) is 0 Å². The lowest BCUT2D eigenvalue weighted by molar-refractivity contribution is -0.155. The first kappa shape index (κ1) is 15.1. The molecule has 0 saturated heterocycles. The Hall–Kier alpha value is -2.76. The molecule has 2 aromatic carbocycles. The average Bonchev–Trinajstić information content (AvgIpc) is 2.59. The Morgan fingerprint density at radius 1 is 1.26 bits per heavy atom. The van der Waals surface area contributed by atoms with Crippen molar-refractivity contribution in [3.63, 3.8) is 0 Å². The minimum atomic E-state index is -0.857. The number of esters is 1. The van der Waals surface area contributed by atoms with Gasteiger partial charge in [0.15, 0.2) is 11.5 Å². The Balaban J connectivity index is 1.64. The molecule has 2 aromatic rings. The van der Waals surface area contributed by atoms with Gasteiger partial charge in [-0.25, -0.2) is 9.18 Å². The molecule has 0 bridgehead atoms. The maximum Gasteiger partial charge on any atom is 0.351 e. The number of halogens is 1. The van der Waals surface area contributed by atoms with Crippen molar-refractivity contribution in [2.75, 3.05) is 13.7 Å². The number of methoxy groups -OCH3 is 1. The van der Waals surface area contributed by atoms with Gasteiger partial charge in [0.2, 0.25) is 6.10 Å². The molecule has 1 aliphatic rings. The number of para-hydroxylation sites is 2. The van der Waals surface area contributed by atoms with Gasteiger partial charge in [-0.1, -0.05) is 12.1 Å². The van der Waals surface area contributed by atoms with Gasteiger partial charge in [-0.05, 0) is 30.3 Å². The van der Waals surface area contributed by atoms with Gasteiger partial charge in [0.1, 0.15) is 24.8 Å². The monoisotopic (exact) mass is 318 g/mol. The lowest BCUT2D eigenvalue weighted by atomic mass is 10.2. The van der Waals surface area contributed by atoms with E-state index in [-0.39, 0.29) is 13.2 Å². The van der Waals surface area contributed by atoms with E-state index < -0.39 is 17.9 Å². The molecule has 0 fully saturated rings. The number of rotatable bonds is 4. The molecule has 0 N–H and O–H groups in total. The van der Waals surface area contributed by atoms with Crippen LogP contribution in [0.4, 0.5) is 4.39 Å². The molecule has 0 aliphatic carbocycles. The first-order valence-electron chi connectivity index (χ1n) is 7.05. The Morgan fingerprint density at radius 2 is 2.04 bits per heavy atom. The van der Waals surface area contributed by atoms with Gasteiger partial charge >= 0.3 is 5.97 Å². The number of carbonyl (C=O) groups excluding carboxylic acids is 1. The highest BCUT2D eigenvalue weighted by molar-refractivity contribution is 5.76. The first-order chi connectivity index (χ1) is 11.2. The summed E-state index contributed by atoms with van der Waals surface area (Å²) in [6, 6.07) is 11.1. The first-order valence-corrected chi connectivity index (χ1v) is 7.05. The molecule has 5 nitrogen and oxygen atoms in total. The van der Waals surface area contributed by atoms with Crippen molar-refractivity contribution in [3.8, 4) is 17.2 Å². The van der Waals surface area contributed by atoms with Crippen LogP contribution < -0.4 is 14.2 Å². The number of hydrogen-bond donors (Lipinski definition) is 0. The summed E-state index contributed by atoms with van der Waals surface area (Å²) >= 11 is 0. The third-order valence-corrected chi connectivity index (χ3v) is 3.38. The van der Waals surface area contributed by atoms with Gasteiger partial charge in [0.25, 0.3) is 0 Å². The number of fused-ring (bicyclic) bond motifs is 1. The summed E-state index contributed by atoms with van der Waals surface area (Å²) in [5, 5.41) is 0. The third-order valence-electron chi connectivity index (χ3n) is 3.38. The van der Waals surface area contributed by atoms with Gasteiger partial charge in [-0.15, -0.1) is 0 Å². The molecule has 3 rings (SSSR count). The van der Waals surface area contributed by atoms with Crippen LogP contribution in [0.2, 0.25) is 0 Å². The summed E-state index contributed by atoms with van der Waals surface area (Å²) in [5.74, 6) is 0.520. The second kappa shape index (κ2) is 6.56. The molecular weight excluding hydrogens is 303 g/mol. The molecule has 1 aliphatic heterocycles. The summed E-state index contributed by atoms with van der Waals surface area (Å²) in [6.45, 7) is -0.0442. The fourth-order valence-corrected chi connectivity index (χ4v) is 2.24. The van der Waals surface area contributed by atoms with Gasteiger partial charge in [0, 0.05) is 5.56 Å². The predicted molar refractivity (Wildman–Crippen MR) is 79.1 cm³/mol. The SMILES string of the molecule is COc1ccc(F)cc1COC(=O)[C@@H]1COc2ccccc2O1. The van der Waals surface area contributed by atoms with Crippen LogP contribution in [0.1, 0.15) is 5.56 Å². The second-order valence-electron chi connectivity index (χ2n) is 4.93.